The number of amides is 3. The quantitative estimate of drug-likeness (QED) is 0.773. The number of urea groups is 1. The summed E-state index contributed by atoms with van der Waals surface area (Å²) in [6.45, 7) is 5.76. The molecule has 1 atom stereocenters. The topological polar surface area (TPSA) is 52.6 Å². The van der Waals surface area contributed by atoms with Gasteiger partial charge < -0.3 is 5.32 Å². The van der Waals surface area contributed by atoms with E-state index in [9.17, 15) is 9.59 Å². The predicted octanol–water partition coefficient (Wildman–Crippen LogP) is 3.38. The molecule has 0 aliphatic carbocycles. The molecule has 0 bridgehead atoms. The van der Waals surface area contributed by atoms with Crippen molar-refractivity contribution in [1.82, 2.24) is 15.1 Å². The summed E-state index contributed by atoms with van der Waals surface area (Å²) in [5, 5.41) is 4.97. The minimum Gasteiger partial charge on any atom is -0.319 e. The fraction of sp³-hybridized carbons (Fsp3) is 0.368. The van der Waals surface area contributed by atoms with Crippen LogP contribution in [-0.4, -0.2) is 35.0 Å². The molecule has 1 fully saturated rings. The van der Waals surface area contributed by atoms with Gasteiger partial charge in [0.15, 0.2) is 0 Å². The number of carbonyl (C=O) groups excluding carboxylic acids is 2. The molecule has 2 aromatic rings. The highest BCUT2D eigenvalue weighted by molar-refractivity contribution is 7.09. The number of hydrogen-bond acceptors (Lipinski definition) is 4. The van der Waals surface area contributed by atoms with Crippen molar-refractivity contribution < 1.29 is 9.59 Å². The van der Waals surface area contributed by atoms with E-state index >= 15 is 0 Å². The maximum atomic E-state index is 13.1. The monoisotopic (exact) mass is 357 g/mol. The van der Waals surface area contributed by atoms with Gasteiger partial charge in [-0.15, -0.1) is 11.3 Å². The van der Waals surface area contributed by atoms with E-state index in [0.29, 0.717) is 13.1 Å². The summed E-state index contributed by atoms with van der Waals surface area (Å²) in [6, 6.07) is 13.3. The molecular formula is C19H23N3O2S. The number of nitrogens with zero attached hydrogens (tertiary/aromatic N) is 2. The van der Waals surface area contributed by atoms with Gasteiger partial charge in [0.1, 0.15) is 5.54 Å². The zero-order valence-electron chi connectivity index (χ0n) is 14.6. The Morgan fingerprint density at radius 1 is 1.12 bits per heavy atom. The molecule has 1 aliphatic heterocycles. The molecule has 0 unspecified atom stereocenters. The molecule has 0 saturated carbocycles. The number of carbonyl (C=O) groups is 2. The zero-order chi connectivity index (χ0) is 17.9. The summed E-state index contributed by atoms with van der Waals surface area (Å²) >= 11 is 1.68. The van der Waals surface area contributed by atoms with Gasteiger partial charge in [-0.1, -0.05) is 50.2 Å². The molecule has 0 spiro atoms. The second-order valence-electron chi connectivity index (χ2n) is 6.15. The molecule has 1 aromatic heterocycles. The second-order valence-corrected chi connectivity index (χ2v) is 7.19. The van der Waals surface area contributed by atoms with Crippen molar-refractivity contribution in [3.05, 3.63) is 58.3 Å². The number of nitrogens with one attached hydrogen (secondary N) is 1. The van der Waals surface area contributed by atoms with Crippen molar-refractivity contribution >= 4 is 23.3 Å². The van der Waals surface area contributed by atoms with E-state index in [-0.39, 0.29) is 11.9 Å². The molecule has 2 heterocycles. The molecule has 1 N–H and O–H groups in total. The smallest absolute Gasteiger partial charge is 0.319 e. The van der Waals surface area contributed by atoms with Crippen molar-refractivity contribution in [2.24, 2.45) is 0 Å². The van der Waals surface area contributed by atoms with Crippen molar-refractivity contribution in [2.45, 2.75) is 32.4 Å². The fourth-order valence-electron chi connectivity index (χ4n) is 3.20. The van der Waals surface area contributed by atoms with Gasteiger partial charge >= 0.3 is 6.03 Å². The molecule has 1 aliphatic rings. The van der Waals surface area contributed by atoms with Gasteiger partial charge in [0.25, 0.3) is 5.91 Å². The van der Waals surface area contributed by atoms with Crippen LogP contribution in [0.25, 0.3) is 0 Å². The minimum atomic E-state index is -0.958. The van der Waals surface area contributed by atoms with E-state index < -0.39 is 5.54 Å². The number of imide groups is 1. The van der Waals surface area contributed by atoms with Crippen LogP contribution in [0.4, 0.5) is 4.79 Å². The summed E-state index contributed by atoms with van der Waals surface area (Å²) in [5.74, 6) is -0.171. The first kappa shape index (κ1) is 17.6. The largest absolute Gasteiger partial charge is 0.326 e. The average Bonchev–Trinajstić information content (AvgIpc) is 3.23. The van der Waals surface area contributed by atoms with E-state index in [1.54, 1.807) is 11.3 Å². The maximum Gasteiger partial charge on any atom is 0.326 e. The summed E-state index contributed by atoms with van der Waals surface area (Å²) in [4.78, 5) is 30.4. The number of rotatable bonds is 7. The van der Waals surface area contributed by atoms with Crippen molar-refractivity contribution in [3.8, 4) is 0 Å². The summed E-state index contributed by atoms with van der Waals surface area (Å²) < 4.78 is 0. The fourth-order valence-corrected chi connectivity index (χ4v) is 3.95. The Kier molecular flexibility index (Phi) is 5.20. The zero-order valence-corrected chi connectivity index (χ0v) is 15.4. The SMILES string of the molecule is CCN(Cc1cccs1)CN1C(=O)N[C@@](CC)(c2ccccc2)C1=O. The molecule has 0 radical (unpaired) electrons. The summed E-state index contributed by atoms with van der Waals surface area (Å²) in [5.41, 5.74) is -0.125. The highest BCUT2D eigenvalue weighted by atomic mass is 32.1. The van der Waals surface area contributed by atoms with Crippen LogP contribution >= 0.6 is 11.3 Å². The highest BCUT2D eigenvalue weighted by Gasteiger charge is 2.51. The lowest BCUT2D eigenvalue weighted by molar-refractivity contribution is -0.133. The third-order valence-electron chi connectivity index (χ3n) is 4.72. The first-order valence-corrected chi connectivity index (χ1v) is 9.43. The predicted molar refractivity (Wildman–Crippen MR) is 99.1 cm³/mol. The summed E-state index contributed by atoms with van der Waals surface area (Å²) in [7, 11) is 0. The Morgan fingerprint density at radius 3 is 2.48 bits per heavy atom. The number of thiophene rings is 1. The molecule has 3 rings (SSSR count). The van der Waals surface area contributed by atoms with Crippen LogP contribution in [0.3, 0.4) is 0 Å². The van der Waals surface area contributed by atoms with Gasteiger partial charge in [0.2, 0.25) is 0 Å². The van der Waals surface area contributed by atoms with Crippen molar-refractivity contribution in [1.29, 1.82) is 0 Å². The van der Waals surface area contributed by atoms with Crippen LogP contribution in [0.15, 0.2) is 47.8 Å². The highest BCUT2D eigenvalue weighted by Crippen LogP contribution is 2.32. The Morgan fingerprint density at radius 2 is 1.88 bits per heavy atom. The van der Waals surface area contributed by atoms with Gasteiger partial charge in [0.05, 0.1) is 6.67 Å². The Bertz CT molecular complexity index is 732. The summed E-state index contributed by atoms with van der Waals surface area (Å²) in [6.07, 6.45) is 0.523. The van der Waals surface area contributed by atoms with Crippen molar-refractivity contribution in [3.63, 3.8) is 0 Å². The average molecular weight is 357 g/mol. The maximum absolute atomic E-state index is 13.1. The Balaban J connectivity index is 1.80. The minimum absolute atomic E-state index is 0.171. The molecule has 6 heteroatoms. The van der Waals surface area contributed by atoms with Gasteiger partial charge in [-0.2, -0.15) is 0 Å². The van der Waals surface area contributed by atoms with Crippen LogP contribution in [0.1, 0.15) is 30.7 Å². The standard InChI is InChI=1S/C19H23N3O2S/c1-3-19(15-9-6-5-7-10-15)17(23)22(18(24)20-19)14-21(4-2)13-16-11-8-12-25-16/h5-12H,3-4,13-14H2,1-2H3,(H,20,24)/t19-/m0/s1. The van der Waals surface area contributed by atoms with E-state index in [0.717, 1.165) is 18.7 Å². The van der Waals surface area contributed by atoms with Gasteiger partial charge in [-0.25, -0.2) is 9.69 Å². The number of hydrogen-bond donors (Lipinski definition) is 1. The molecular weight excluding hydrogens is 334 g/mol. The van der Waals surface area contributed by atoms with Crippen LogP contribution < -0.4 is 5.32 Å². The molecule has 132 valence electrons. The van der Waals surface area contributed by atoms with Crippen LogP contribution in [0, 0.1) is 0 Å². The second kappa shape index (κ2) is 7.37. The third-order valence-corrected chi connectivity index (χ3v) is 5.58. The van der Waals surface area contributed by atoms with Crippen LogP contribution in [0.2, 0.25) is 0 Å². The van der Waals surface area contributed by atoms with Crippen LogP contribution in [0.5, 0.6) is 0 Å². The van der Waals surface area contributed by atoms with E-state index in [2.05, 4.69) is 16.3 Å². The normalized spacial score (nSPS) is 20.4. The lowest BCUT2D eigenvalue weighted by Crippen LogP contribution is -2.45. The van der Waals surface area contributed by atoms with E-state index in [1.165, 1.54) is 9.78 Å². The van der Waals surface area contributed by atoms with E-state index in [4.69, 9.17) is 0 Å². The van der Waals surface area contributed by atoms with Crippen LogP contribution in [-0.2, 0) is 16.9 Å². The molecule has 5 nitrogen and oxygen atoms in total. The van der Waals surface area contributed by atoms with Gasteiger partial charge in [-0.3, -0.25) is 9.69 Å². The Hall–Kier alpha value is -2.18. The molecule has 1 aromatic carbocycles. The lowest BCUT2D eigenvalue weighted by Gasteiger charge is -2.27. The molecule has 3 amide bonds. The Labute approximate surface area is 152 Å². The molecule has 1 saturated heterocycles. The van der Waals surface area contributed by atoms with Crippen molar-refractivity contribution in [2.75, 3.05) is 13.2 Å². The molecule has 25 heavy (non-hydrogen) atoms. The first-order chi connectivity index (χ1) is 12.1. The third kappa shape index (κ3) is 3.32. The van der Waals surface area contributed by atoms with Gasteiger partial charge in [-0.05, 0) is 30.0 Å². The van der Waals surface area contributed by atoms with E-state index in [1.807, 2.05) is 55.6 Å². The van der Waals surface area contributed by atoms with Gasteiger partial charge in [0, 0.05) is 11.4 Å². The number of benzene rings is 1. The lowest BCUT2D eigenvalue weighted by atomic mass is 9.87. The first-order valence-electron chi connectivity index (χ1n) is 8.55.